The number of nitrogen functional groups attached to an aromatic ring is 1. The Hall–Kier alpha value is -1.58. The fourth-order valence-corrected chi connectivity index (χ4v) is 0.944. The summed E-state index contributed by atoms with van der Waals surface area (Å²) in [5, 5.41) is 2.64. The van der Waals surface area contributed by atoms with Crippen LogP contribution in [0.2, 0.25) is 0 Å². The minimum atomic E-state index is -0.0482. The number of hydrogen-bond donors (Lipinski definition) is 2. The van der Waals surface area contributed by atoms with Gasteiger partial charge in [-0.3, -0.25) is 4.79 Å². The molecule has 1 rings (SSSR count). The first kappa shape index (κ1) is 9.51. The number of rotatable bonds is 3. The normalized spacial score (nSPS) is 9.62. The first-order valence-corrected chi connectivity index (χ1v) is 4.24. The molecule has 0 spiro atoms. The highest BCUT2D eigenvalue weighted by Gasteiger charge is 2.03. The first-order chi connectivity index (χ1) is 6.24. The zero-order chi connectivity index (χ0) is 9.68. The van der Waals surface area contributed by atoms with Crippen molar-refractivity contribution in [3.05, 3.63) is 18.3 Å². The smallest absolute Gasteiger partial charge is 0.225 e. The van der Waals surface area contributed by atoms with E-state index in [0.717, 1.165) is 6.42 Å². The number of aromatic nitrogens is 1. The summed E-state index contributed by atoms with van der Waals surface area (Å²) in [5.74, 6) is 0.397. The van der Waals surface area contributed by atoms with E-state index in [1.54, 1.807) is 18.3 Å². The molecular formula is C9H13N3O. The maximum Gasteiger partial charge on any atom is 0.225 e. The van der Waals surface area contributed by atoms with Gasteiger partial charge in [-0.1, -0.05) is 6.92 Å². The molecule has 0 aliphatic carbocycles. The van der Waals surface area contributed by atoms with Gasteiger partial charge in [0.15, 0.2) is 5.82 Å². The summed E-state index contributed by atoms with van der Waals surface area (Å²) in [6.45, 7) is 1.95. The zero-order valence-electron chi connectivity index (χ0n) is 7.58. The van der Waals surface area contributed by atoms with E-state index in [9.17, 15) is 4.79 Å². The van der Waals surface area contributed by atoms with Gasteiger partial charge in [0.1, 0.15) is 0 Å². The summed E-state index contributed by atoms with van der Waals surface area (Å²) in [4.78, 5) is 15.1. The van der Waals surface area contributed by atoms with Crippen LogP contribution in [0.3, 0.4) is 0 Å². The molecule has 4 heteroatoms. The minimum Gasteiger partial charge on any atom is -0.396 e. The molecule has 1 aromatic heterocycles. The lowest BCUT2D eigenvalue weighted by atomic mass is 10.3. The second-order valence-electron chi connectivity index (χ2n) is 2.74. The Balaban J connectivity index is 2.63. The van der Waals surface area contributed by atoms with Crippen LogP contribution >= 0.6 is 0 Å². The maximum atomic E-state index is 11.2. The molecule has 0 unspecified atom stereocenters. The van der Waals surface area contributed by atoms with Crippen LogP contribution in [-0.4, -0.2) is 10.9 Å². The number of carbonyl (C=O) groups is 1. The molecule has 3 N–H and O–H groups in total. The van der Waals surface area contributed by atoms with Crippen molar-refractivity contribution in [3.63, 3.8) is 0 Å². The van der Waals surface area contributed by atoms with Crippen molar-refractivity contribution < 1.29 is 4.79 Å². The van der Waals surface area contributed by atoms with Crippen LogP contribution < -0.4 is 11.1 Å². The van der Waals surface area contributed by atoms with Crippen molar-refractivity contribution in [1.82, 2.24) is 4.98 Å². The van der Waals surface area contributed by atoms with Gasteiger partial charge in [0.05, 0.1) is 5.69 Å². The van der Waals surface area contributed by atoms with Crippen LogP contribution in [0.4, 0.5) is 11.5 Å². The van der Waals surface area contributed by atoms with Crippen LogP contribution in [0, 0.1) is 0 Å². The fraction of sp³-hybridized carbons (Fsp3) is 0.333. The minimum absolute atomic E-state index is 0.0482. The average Bonchev–Trinajstić information content (AvgIpc) is 2.09. The Bertz CT molecular complexity index is 299. The third kappa shape index (κ3) is 2.74. The molecule has 13 heavy (non-hydrogen) atoms. The third-order valence-corrected chi connectivity index (χ3v) is 1.57. The summed E-state index contributed by atoms with van der Waals surface area (Å²) >= 11 is 0. The zero-order valence-corrected chi connectivity index (χ0v) is 7.58. The molecule has 0 saturated carbocycles. The molecule has 4 nitrogen and oxygen atoms in total. The van der Waals surface area contributed by atoms with E-state index in [1.165, 1.54) is 0 Å². The van der Waals surface area contributed by atoms with Gasteiger partial charge in [-0.2, -0.15) is 0 Å². The Labute approximate surface area is 77.2 Å². The molecule has 0 aliphatic heterocycles. The molecule has 0 atom stereocenters. The van der Waals surface area contributed by atoms with Crippen molar-refractivity contribution >= 4 is 17.4 Å². The van der Waals surface area contributed by atoms with Gasteiger partial charge in [-0.05, 0) is 18.6 Å². The number of anilines is 2. The highest BCUT2D eigenvalue weighted by atomic mass is 16.1. The molecule has 1 heterocycles. The van der Waals surface area contributed by atoms with Crippen molar-refractivity contribution in [2.75, 3.05) is 11.1 Å². The van der Waals surface area contributed by atoms with Crippen LogP contribution in [0.1, 0.15) is 19.8 Å². The maximum absolute atomic E-state index is 11.2. The number of pyridine rings is 1. The lowest BCUT2D eigenvalue weighted by molar-refractivity contribution is -0.116. The highest BCUT2D eigenvalue weighted by Crippen LogP contribution is 2.12. The predicted molar refractivity (Wildman–Crippen MR) is 52.2 cm³/mol. The summed E-state index contributed by atoms with van der Waals surface area (Å²) in [5.41, 5.74) is 6.08. The van der Waals surface area contributed by atoms with Crippen molar-refractivity contribution in [2.24, 2.45) is 0 Å². The molecule has 70 valence electrons. The van der Waals surface area contributed by atoms with Crippen LogP contribution in [-0.2, 0) is 4.79 Å². The molecule has 1 amide bonds. The molecule has 0 saturated heterocycles. The van der Waals surface area contributed by atoms with Crippen LogP contribution in [0.5, 0.6) is 0 Å². The first-order valence-electron chi connectivity index (χ1n) is 4.24. The van der Waals surface area contributed by atoms with Crippen molar-refractivity contribution in [3.8, 4) is 0 Å². The molecule has 0 aromatic carbocycles. The predicted octanol–water partition coefficient (Wildman–Crippen LogP) is 1.40. The number of amides is 1. The Morgan fingerprint density at radius 1 is 1.69 bits per heavy atom. The topological polar surface area (TPSA) is 68.0 Å². The van der Waals surface area contributed by atoms with E-state index in [2.05, 4.69) is 10.3 Å². The van der Waals surface area contributed by atoms with E-state index < -0.39 is 0 Å². The van der Waals surface area contributed by atoms with E-state index in [-0.39, 0.29) is 5.91 Å². The molecule has 1 aromatic rings. The van der Waals surface area contributed by atoms with Gasteiger partial charge in [0.25, 0.3) is 0 Å². The standard InChI is InChI=1S/C9H13N3O/c1-2-4-8(13)12-9-7(10)5-3-6-11-9/h3,5-6H,2,4,10H2,1H3,(H,11,12,13). The Morgan fingerprint density at radius 3 is 3.08 bits per heavy atom. The summed E-state index contributed by atoms with van der Waals surface area (Å²) < 4.78 is 0. The van der Waals surface area contributed by atoms with Gasteiger partial charge >= 0.3 is 0 Å². The molecule has 0 aliphatic rings. The summed E-state index contributed by atoms with van der Waals surface area (Å²) in [6, 6.07) is 3.43. The van der Waals surface area contributed by atoms with Gasteiger partial charge in [0, 0.05) is 12.6 Å². The van der Waals surface area contributed by atoms with E-state index in [0.29, 0.717) is 17.9 Å². The summed E-state index contributed by atoms with van der Waals surface area (Å²) in [6.07, 6.45) is 2.91. The molecular weight excluding hydrogens is 166 g/mol. The van der Waals surface area contributed by atoms with Crippen LogP contribution in [0.25, 0.3) is 0 Å². The van der Waals surface area contributed by atoms with Gasteiger partial charge in [0.2, 0.25) is 5.91 Å². The average molecular weight is 179 g/mol. The fourth-order valence-electron chi connectivity index (χ4n) is 0.944. The Kier molecular flexibility index (Phi) is 3.25. The largest absolute Gasteiger partial charge is 0.396 e. The van der Waals surface area contributed by atoms with Gasteiger partial charge in [-0.15, -0.1) is 0 Å². The van der Waals surface area contributed by atoms with E-state index >= 15 is 0 Å². The summed E-state index contributed by atoms with van der Waals surface area (Å²) in [7, 11) is 0. The molecule has 0 bridgehead atoms. The van der Waals surface area contributed by atoms with Gasteiger partial charge < -0.3 is 11.1 Å². The number of nitrogens with zero attached hydrogens (tertiary/aromatic N) is 1. The third-order valence-electron chi connectivity index (χ3n) is 1.57. The lowest BCUT2D eigenvalue weighted by Crippen LogP contribution is -2.13. The molecule has 0 fully saturated rings. The molecule has 0 radical (unpaired) electrons. The number of nitrogens with one attached hydrogen (secondary N) is 1. The Morgan fingerprint density at radius 2 is 2.46 bits per heavy atom. The van der Waals surface area contributed by atoms with Crippen LogP contribution in [0.15, 0.2) is 18.3 Å². The van der Waals surface area contributed by atoms with Gasteiger partial charge in [-0.25, -0.2) is 4.98 Å². The second kappa shape index (κ2) is 4.45. The lowest BCUT2D eigenvalue weighted by Gasteiger charge is -2.04. The number of carbonyl (C=O) groups excluding carboxylic acids is 1. The van der Waals surface area contributed by atoms with E-state index in [1.807, 2.05) is 6.92 Å². The number of hydrogen-bond acceptors (Lipinski definition) is 3. The number of nitrogens with two attached hydrogens (primary N) is 1. The van der Waals surface area contributed by atoms with Crippen molar-refractivity contribution in [1.29, 1.82) is 0 Å². The monoisotopic (exact) mass is 179 g/mol. The quantitative estimate of drug-likeness (QED) is 0.737. The SMILES string of the molecule is CCCC(=O)Nc1ncccc1N. The highest BCUT2D eigenvalue weighted by molar-refractivity contribution is 5.92. The van der Waals surface area contributed by atoms with Crippen molar-refractivity contribution in [2.45, 2.75) is 19.8 Å². The van der Waals surface area contributed by atoms with E-state index in [4.69, 9.17) is 5.73 Å². The second-order valence-corrected chi connectivity index (χ2v) is 2.74.